The molecule has 0 saturated heterocycles. The average Bonchev–Trinajstić information content (AvgIpc) is 2.17. The van der Waals surface area contributed by atoms with Gasteiger partial charge in [-0.3, -0.25) is 0 Å². The molecule has 0 spiro atoms. The molecule has 0 radical (unpaired) electrons. The van der Waals surface area contributed by atoms with Gasteiger partial charge >= 0.3 is 92.5 Å². The van der Waals surface area contributed by atoms with E-state index < -0.39 is 5.60 Å². The topological polar surface area (TPSA) is 20.2 Å². The van der Waals surface area contributed by atoms with Crippen LogP contribution in [0, 0.1) is 6.92 Å². The molecule has 1 aromatic rings. The zero-order valence-corrected chi connectivity index (χ0v) is 10.8. The van der Waals surface area contributed by atoms with Crippen molar-refractivity contribution < 1.29 is 5.11 Å². The summed E-state index contributed by atoms with van der Waals surface area (Å²) in [6.45, 7) is 6.05. The van der Waals surface area contributed by atoms with Gasteiger partial charge in [-0.05, 0) is 0 Å². The van der Waals surface area contributed by atoms with Gasteiger partial charge < -0.3 is 0 Å². The molecule has 0 aliphatic heterocycles. The molecule has 14 heavy (non-hydrogen) atoms. The molecule has 0 amide bonds. The van der Waals surface area contributed by atoms with Crippen molar-refractivity contribution in [2.75, 3.05) is 0 Å². The molecule has 2 heteroatoms. The van der Waals surface area contributed by atoms with Crippen molar-refractivity contribution in [3.8, 4) is 0 Å². The number of hydrogen-bond donors (Lipinski definition) is 1. The minimum atomic E-state index is -0.481. The third-order valence-corrected chi connectivity index (χ3v) is 5.21. The number of aryl methyl sites for hydroxylation is 1. The monoisotopic (exact) mass is 258 g/mol. The Morgan fingerprint density at radius 3 is 2.36 bits per heavy atom. The summed E-state index contributed by atoms with van der Waals surface area (Å²) >= 11 is 0.396. The predicted octanol–water partition coefficient (Wildman–Crippen LogP) is 1.90. The van der Waals surface area contributed by atoms with Gasteiger partial charge in [0, 0.05) is 0 Å². The van der Waals surface area contributed by atoms with E-state index >= 15 is 0 Å². The van der Waals surface area contributed by atoms with Gasteiger partial charge in [0.05, 0.1) is 0 Å². The molecule has 0 fully saturated rings. The Kier molecular flexibility index (Phi) is 4.18. The van der Waals surface area contributed by atoms with E-state index in [4.69, 9.17) is 0 Å². The second-order valence-electron chi connectivity index (χ2n) is 3.95. The Morgan fingerprint density at radius 1 is 1.29 bits per heavy atom. The Labute approximate surface area is 92.7 Å². The SMILES string of the molecule is CCC(C)(O)C[Se]c1ccc(C)cc1. The fraction of sp³-hybridized carbons (Fsp3) is 0.500. The van der Waals surface area contributed by atoms with E-state index in [1.54, 1.807) is 0 Å². The van der Waals surface area contributed by atoms with E-state index in [0.29, 0.717) is 15.0 Å². The first-order valence-corrected chi connectivity index (χ1v) is 7.02. The van der Waals surface area contributed by atoms with E-state index in [1.165, 1.54) is 10.0 Å². The van der Waals surface area contributed by atoms with E-state index in [2.05, 4.69) is 31.2 Å². The predicted molar refractivity (Wildman–Crippen MR) is 62.3 cm³/mol. The number of rotatable bonds is 4. The van der Waals surface area contributed by atoms with Gasteiger partial charge in [-0.2, -0.15) is 0 Å². The zero-order chi connectivity index (χ0) is 10.6. The van der Waals surface area contributed by atoms with Crippen LogP contribution in [-0.2, 0) is 0 Å². The molecule has 0 saturated carbocycles. The molecule has 78 valence electrons. The minimum absolute atomic E-state index is 0.396. The first-order chi connectivity index (χ1) is 6.53. The summed E-state index contributed by atoms with van der Waals surface area (Å²) in [5, 5.41) is 10.8. The van der Waals surface area contributed by atoms with Crippen LogP contribution in [0.5, 0.6) is 0 Å². The second-order valence-corrected chi connectivity index (χ2v) is 6.15. The normalized spacial score (nSPS) is 15.1. The van der Waals surface area contributed by atoms with Crippen LogP contribution in [0.1, 0.15) is 25.8 Å². The van der Waals surface area contributed by atoms with Crippen LogP contribution in [-0.4, -0.2) is 25.7 Å². The summed E-state index contributed by atoms with van der Waals surface area (Å²) in [5.41, 5.74) is 0.817. The molecule has 0 bridgehead atoms. The summed E-state index contributed by atoms with van der Waals surface area (Å²) in [5.74, 6) is 0. The van der Waals surface area contributed by atoms with Crippen molar-refractivity contribution in [1.29, 1.82) is 0 Å². The molecule has 1 unspecified atom stereocenters. The van der Waals surface area contributed by atoms with Crippen LogP contribution in [0.4, 0.5) is 0 Å². The van der Waals surface area contributed by atoms with E-state index in [-0.39, 0.29) is 0 Å². The van der Waals surface area contributed by atoms with Gasteiger partial charge in [-0.25, -0.2) is 0 Å². The van der Waals surface area contributed by atoms with E-state index in [9.17, 15) is 5.11 Å². The third-order valence-electron chi connectivity index (χ3n) is 2.33. The Bertz CT molecular complexity index is 277. The maximum atomic E-state index is 9.85. The Balaban J connectivity index is 2.50. The van der Waals surface area contributed by atoms with E-state index in [1.807, 2.05) is 13.8 Å². The quantitative estimate of drug-likeness (QED) is 0.817. The summed E-state index contributed by atoms with van der Waals surface area (Å²) in [6, 6.07) is 8.61. The van der Waals surface area contributed by atoms with Gasteiger partial charge in [0.25, 0.3) is 0 Å². The van der Waals surface area contributed by atoms with Crippen molar-refractivity contribution in [3.05, 3.63) is 29.8 Å². The number of hydrogen-bond acceptors (Lipinski definition) is 1. The van der Waals surface area contributed by atoms with Crippen LogP contribution in [0.2, 0.25) is 5.32 Å². The van der Waals surface area contributed by atoms with Gasteiger partial charge in [0.1, 0.15) is 0 Å². The molecule has 1 atom stereocenters. The summed E-state index contributed by atoms with van der Waals surface area (Å²) in [7, 11) is 0. The van der Waals surface area contributed by atoms with Crippen molar-refractivity contribution >= 4 is 19.4 Å². The Hall–Kier alpha value is -0.301. The fourth-order valence-electron chi connectivity index (χ4n) is 0.975. The van der Waals surface area contributed by atoms with Crippen molar-refractivity contribution in [3.63, 3.8) is 0 Å². The molecular formula is C12H18OSe. The molecule has 0 heterocycles. The summed E-state index contributed by atoms with van der Waals surface area (Å²) < 4.78 is 1.37. The molecule has 1 nitrogen and oxygen atoms in total. The molecule has 0 aliphatic carbocycles. The maximum absolute atomic E-state index is 9.85. The van der Waals surface area contributed by atoms with Gasteiger partial charge in [-0.15, -0.1) is 0 Å². The van der Waals surface area contributed by atoms with Gasteiger partial charge in [0.15, 0.2) is 0 Å². The third kappa shape index (κ3) is 3.83. The van der Waals surface area contributed by atoms with Crippen molar-refractivity contribution in [1.82, 2.24) is 0 Å². The summed E-state index contributed by atoms with van der Waals surface area (Å²) in [4.78, 5) is 0. The van der Waals surface area contributed by atoms with Crippen LogP contribution < -0.4 is 4.46 Å². The number of benzene rings is 1. The van der Waals surface area contributed by atoms with Crippen molar-refractivity contribution in [2.24, 2.45) is 0 Å². The van der Waals surface area contributed by atoms with Gasteiger partial charge in [-0.1, -0.05) is 0 Å². The molecule has 1 rings (SSSR count). The second kappa shape index (κ2) is 4.97. The molecule has 1 N–H and O–H groups in total. The van der Waals surface area contributed by atoms with Crippen molar-refractivity contribution in [2.45, 2.75) is 38.1 Å². The van der Waals surface area contributed by atoms with E-state index in [0.717, 1.165) is 11.7 Å². The molecule has 0 aliphatic rings. The first-order valence-electron chi connectivity index (χ1n) is 4.95. The van der Waals surface area contributed by atoms with Crippen LogP contribution in [0.3, 0.4) is 0 Å². The standard InChI is InChI=1S/C12H18OSe/c1-4-12(3,13)9-14-11-7-5-10(2)6-8-11/h5-8,13H,4,9H2,1-3H3. The first kappa shape index (κ1) is 11.8. The van der Waals surface area contributed by atoms with Crippen LogP contribution in [0.15, 0.2) is 24.3 Å². The summed E-state index contributed by atoms with van der Waals surface area (Å²) in [6.07, 6.45) is 0.834. The fourth-order valence-corrected chi connectivity index (χ4v) is 3.09. The van der Waals surface area contributed by atoms with Crippen LogP contribution in [0.25, 0.3) is 0 Å². The average molecular weight is 257 g/mol. The Morgan fingerprint density at radius 2 is 1.86 bits per heavy atom. The molecule has 0 aromatic heterocycles. The molecular weight excluding hydrogens is 239 g/mol. The van der Waals surface area contributed by atoms with Crippen LogP contribution >= 0.6 is 0 Å². The zero-order valence-electron chi connectivity index (χ0n) is 9.08. The van der Waals surface area contributed by atoms with Gasteiger partial charge in [0.2, 0.25) is 0 Å². The number of aliphatic hydroxyl groups is 1. The molecule has 1 aromatic carbocycles.